The van der Waals surface area contributed by atoms with E-state index >= 15 is 0 Å². The van der Waals surface area contributed by atoms with E-state index in [1.165, 1.54) is 50.6 Å². The van der Waals surface area contributed by atoms with Crippen LogP contribution in [0.25, 0.3) is 0 Å². The first-order chi connectivity index (χ1) is 13.4. The van der Waals surface area contributed by atoms with Gasteiger partial charge >= 0.3 is 5.97 Å². The number of ether oxygens (including phenoxy) is 4. The molecule has 0 radical (unpaired) electrons. The van der Waals surface area contributed by atoms with E-state index in [2.05, 4.69) is 4.74 Å². The first kappa shape index (κ1) is 20.1. The van der Waals surface area contributed by atoms with Crippen LogP contribution < -0.4 is 18.5 Å². The summed E-state index contributed by atoms with van der Waals surface area (Å²) in [6.45, 7) is 0.171. The lowest BCUT2D eigenvalue weighted by atomic mass is 10.3. The van der Waals surface area contributed by atoms with Crippen LogP contribution in [-0.4, -0.2) is 48.4 Å². The Labute approximate surface area is 167 Å². The Hall–Kier alpha value is -2.65. The van der Waals surface area contributed by atoms with Crippen LogP contribution in [-0.2, 0) is 19.6 Å². The SMILES string of the molecule is COC(=O)CN(c1ccc(OC)c(Cl)c1)S(=O)(=O)c1ccc2c(c1)OCCO2. The summed E-state index contributed by atoms with van der Waals surface area (Å²) >= 11 is 6.14. The molecule has 0 fully saturated rings. The second kappa shape index (κ2) is 8.15. The van der Waals surface area contributed by atoms with E-state index in [1.807, 2.05) is 0 Å². The zero-order valence-electron chi connectivity index (χ0n) is 15.2. The molecular formula is C18H18ClNO7S. The molecule has 0 spiro atoms. The average molecular weight is 428 g/mol. The molecule has 0 bridgehead atoms. The number of carbonyl (C=O) groups excluding carboxylic acids is 1. The Kier molecular flexibility index (Phi) is 5.85. The summed E-state index contributed by atoms with van der Waals surface area (Å²) < 4.78 is 48.1. The number of hydrogen-bond donors (Lipinski definition) is 0. The van der Waals surface area contributed by atoms with Gasteiger partial charge in [-0.3, -0.25) is 9.10 Å². The summed E-state index contributed by atoms with van der Waals surface area (Å²) in [6, 6.07) is 8.67. The van der Waals surface area contributed by atoms with Gasteiger partial charge in [-0.25, -0.2) is 8.42 Å². The fraction of sp³-hybridized carbons (Fsp3) is 0.278. The molecule has 10 heteroatoms. The number of benzene rings is 2. The van der Waals surface area contributed by atoms with Crippen molar-refractivity contribution in [3.05, 3.63) is 41.4 Å². The standard InChI is InChI=1S/C18H18ClNO7S/c1-24-15-5-3-12(9-14(15)19)20(11-18(21)25-2)28(22,23)13-4-6-16-17(10-13)27-8-7-26-16/h3-6,9-10H,7-8,11H2,1-2H3. The highest BCUT2D eigenvalue weighted by atomic mass is 35.5. The first-order valence-electron chi connectivity index (χ1n) is 8.19. The topological polar surface area (TPSA) is 91.4 Å². The van der Waals surface area contributed by atoms with Crippen molar-refractivity contribution < 1.29 is 32.2 Å². The van der Waals surface area contributed by atoms with E-state index in [4.69, 9.17) is 25.8 Å². The average Bonchev–Trinajstić information content (AvgIpc) is 2.71. The number of rotatable bonds is 6. The predicted molar refractivity (Wildman–Crippen MR) is 102 cm³/mol. The van der Waals surface area contributed by atoms with Gasteiger partial charge < -0.3 is 18.9 Å². The van der Waals surface area contributed by atoms with Gasteiger partial charge in [-0.05, 0) is 30.3 Å². The van der Waals surface area contributed by atoms with Gasteiger partial charge in [0, 0.05) is 6.07 Å². The van der Waals surface area contributed by atoms with Crippen molar-refractivity contribution in [1.29, 1.82) is 0 Å². The highest BCUT2D eigenvalue weighted by Gasteiger charge is 2.29. The third-order valence-corrected chi connectivity index (χ3v) is 6.09. The van der Waals surface area contributed by atoms with E-state index in [0.717, 1.165) is 4.31 Å². The minimum atomic E-state index is -4.13. The monoisotopic (exact) mass is 427 g/mol. The van der Waals surface area contributed by atoms with Gasteiger partial charge in [0.25, 0.3) is 10.0 Å². The molecule has 3 rings (SSSR count). The Morgan fingerprint density at radius 1 is 1.11 bits per heavy atom. The number of methoxy groups -OCH3 is 2. The molecule has 0 atom stereocenters. The molecule has 150 valence electrons. The molecule has 2 aromatic rings. The Bertz CT molecular complexity index is 993. The van der Waals surface area contributed by atoms with E-state index in [0.29, 0.717) is 30.5 Å². The molecule has 0 aliphatic carbocycles. The fourth-order valence-corrected chi connectivity index (χ4v) is 4.29. The van der Waals surface area contributed by atoms with Crippen molar-refractivity contribution >= 4 is 33.3 Å². The number of carbonyl (C=O) groups is 1. The first-order valence-corrected chi connectivity index (χ1v) is 10.0. The van der Waals surface area contributed by atoms with Crippen molar-refractivity contribution in [2.24, 2.45) is 0 Å². The van der Waals surface area contributed by atoms with Crippen LogP contribution in [0.15, 0.2) is 41.3 Å². The zero-order valence-corrected chi connectivity index (χ0v) is 16.7. The number of hydrogen-bond acceptors (Lipinski definition) is 7. The normalized spacial score (nSPS) is 13.0. The van der Waals surface area contributed by atoms with Crippen LogP contribution >= 0.6 is 11.6 Å². The van der Waals surface area contributed by atoms with Crippen molar-refractivity contribution in [2.45, 2.75) is 4.90 Å². The molecular weight excluding hydrogens is 410 g/mol. The molecule has 0 saturated carbocycles. The summed E-state index contributed by atoms with van der Waals surface area (Å²) in [4.78, 5) is 11.8. The number of esters is 1. The van der Waals surface area contributed by atoms with E-state index < -0.39 is 22.5 Å². The molecule has 8 nitrogen and oxygen atoms in total. The highest BCUT2D eigenvalue weighted by molar-refractivity contribution is 7.92. The van der Waals surface area contributed by atoms with Crippen LogP contribution in [0, 0.1) is 0 Å². The number of halogens is 1. The van der Waals surface area contributed by atoms with Crippen molar-refractivity contribution in [2.75, 3.05) is 38.3 Å². The van der Waals surface area contributed by atoms with E-state index in [-0.39, 0.29) is 15.6 Å². The lowest BCUT2D eigenvalue weighted by molar-refractivity contribution is -0.138. The Morgan fingerprint density at radius 2 is 1.82 bits per heavy atom. The van der Waals surface area contributed by atoms with E-state index in [9.17, 15) is 13.2 Å². The zero-order chi connectivity index (χ0) is 20.3. The number of sulfonamides is 1. The molecule has 1 aliphatic heterocycles. The smallest absolute Gasteiger partial charge is 0.326 e. The largest absolute Gasteiger partial charge is 0.495 e. The minimum absolute atomic E-state index is 0.0624. The summed E-state index contributed by atoms with van der Waals surface area (Å²) in [5, 5.41) is 0.201. The van der Waals surface area contributed by atoms with Crippen molar-refractivity contribution in [3.8, 4) is 17.2 Å². The molecule has 0 saturated heterocycles. The summed E-state index contributed by atoms with van der Waals surface area (Å²) in [6.07, 6.45) is 0. The molecule has 2 aromatic carbocycles. The summed E-state index contributed by atoms with van der Waals surface area (Å²) in [7, 11) is -1.51. The van der Waals surface area contributed by atoms with Gasteiger partial charge in [0.15, 0.2) is 11.5 Å². The van der Waals surface area contributed by atoms with Gasteiger partial charge in [0.05, 0.1) is 29.8 Å². The Morgan fingerprint density at radius 3 is 2.46 bits per heavy atom. The molecule has 28 heavy (non-hydrogen) atoms. The molecule has 1 aliphatic rings. The lowest BCUT2D eigenvalue weighted by Gasteiger charge is -2.25. The predicted octanol–water partition coefficient (Wildman–Crippen LogP) is 2.49. The molecule has 0 N–H and O–H groups in total. The van der Waals surface area contributed by atoms with Gasteiger partial charge in [0.2, 0.25) is 0 Å². The van der Waals surface area contributed by atoms with Crippen LogP contribution in [0.2, 0.25) is 5.02 Å². The van der Waals surface area contributed by atoms with Crippen LogP contribution in [0.3, 0.4) is 0 Å². The van der Waals surface area contributed by atoms with E-state index in [1.54, 1.807) is 0 Å². The second-order valence-corrected chi connectivity index (χ2v) is 7.98. The van der Waals surface area contributed by atoms with Gasteiger partial charge in [-0.1, -0.05) is 11.6 Å². The fourth-order valence-electron chi connectivity index (χ4n) is 2.62. The second-order valence-electron chi connectivity index (χ2n) is 5.71. The van der Waals surface area contributed by atoms with Crippen LogP contribution in [0.1, 0.15) is 0 Å². The summed E-state index contributed by atoms with van der Waals surface area (Å²) in [5.41, 5.74) is 0.186. The quantitative estimate of drug-likeness (QED) is 0.654. The number of nitrogens with zero attached hydrogens (tertiary/aromatic N) is 1. The van der Waals surface area contributed by atoms with Crippen LogP contribution in [0.4, 0.5) is 5.69 Å². The van der Waals surface area contributed by atoms with Gasteiger partial charge in [0.1, 0.15) is 25.5 Å². The number of anilines is 1. The third kappa shape index (κ3) is 3.95. The maximum absolute atomic E-state index is 13.3. The molecule has 0 unspecified atom stereocenters. The lowest BCUT2D eigenvalue weighted by Crippen LogP contribution is -2.36. The molecule has 1 heterocycles. The maximum Gasteiger partial charge on any atom is 0.326 e. The minimum Gasteiger partial charge on any atom is -0.495 e. The third-order valence-electron chi connectivity index (χ3n) is 4.03. The van der Waals surface area contributed by atoms with Crippen molar-refractivity contribution in [1.82, 2.24) is 0 Å². The number of fused-ring (bicyclic) bond motifs is 1. The van der Waals surface area contributed by atoms with Gasteiger partial charge in [-0.15, -0.1) is 0 Å². The van der Waals surface area contributed by atoms with Gasteiger partial charge in [-0.2, -0.15) is 0 Å². The molecule has 0 aromatic heterocycles. The summed E-state index contributed by atoms with van der Waals surface area (Å²) in [5.74, 6) is 0.420. The highest BCUT2D eigenvalue weighted by Crippen LogP contribution is 2.35. The Balaban J connectivity index is 2.06. The van der Waals surface area contributed by atoms with Crippen molar-refractivity contribution in [3.63, 3.8) is 0 Å². The molecule has 0 amide bonds. The maximum atomic E-state index is 13.3. The van der Waals surface area contributed by atoms with Crippen LogP contribution in [0.5, 0.6) is 17.2 Å².